The molecule has 0 heterocycles. The van der Waals surface area contributed by atoms with Crippen molar-refractivity contribution >= 4 is 0 Å². The van der Waals surface area contributed by atoms with Crippen molar-refractivity contribution < 1.29 is 0 Å². The summed E-state index contributed by atoms with van der Waals surface area (Å²) in [6, 6.07) is 0. The van der Waals surface area contributed by atoms with E-state index in [9.17, 15) is 0 Å². The average molecular weight is 231 g/mol. The summed E-state index contributed by atoms with van der Waals surface area (Å²) in [4.78, 5) is 2.00. The maximum absolute atomic E-state index is 5.40. The fourth-order valence-electron chi connectivity index (χ4n) is 1.35. The zero-order valence-corrected chi connectivity index (χ0v) is 11.7. The van der Waals surface area contributed by atoms with Crippen molar-refractivity contribution in [1.29, 1.82) is 0 Å². The Kier molecular flexibility index (Phi) is 19.7. The van der Waals surface area contributed by atoms with Gasteiger partial charge in [-0.1, -0.05) is 38.5 Å². The molecule has 100 valence electrons. The lowest BCUT2D eigenvalue weighted by atomic mass is 10.1. The van der Waals surface area contributed by atoms with Crippen molar-refractivity contribution in [2.75, 3.05) is 34.2 Å². The van der Waals surface area contributed by atoms with Gasteiger partial charge in [0.2, 0.25) is 0 Å². The molecule has 0 aromatic carbocycles. The van der Waals surface area contributed by atoms with Crippen LogP contribution in [0.25, 0.3) is 0 Å². The normalized spacial score (nSPS) is 10.1. The van der Waals surface area contributed by atoms with Crippen molar-refractivity contribution in [3.05, 3.63) is 0 Å². The highest BCUT2D eigenvalue weighted by atomic mass is 15.0. The molecule has 3 nitrogen and oxygen atoms in total. The Balaban J connectivity index is 0. The molecule has 3 heteroatoms. The summed E-state index contributed by atoms with van der Waals surface area (Å²) in [6.07, 6.45) is 10.5. The summed E-state index contributed by atoms with van der Waals surface area (Å²) in [5, 5.41) is 0. The number of rotatable bonds is 9. The van der Waals surface area contributed by atoms with Gasteiger partial charge >= 0.3 is 0 Å². The van der Waals surface area contributed by atoms with Crippen molar-refractivity contribution in [1.82, 2.24) is 4.90 Å². The third kappa shape index (κ3) is 29.2. The molecule has 0 radical (unpaired) electrons. The van der Waals surface area contributed by atoms with E-state index in [1.54, 1.807) is 0 Å². The summed E-state index contributed by atoms with van der Waals surface area (Å²) >= 11 is 0. The number of hydrogen-bond donors (Lipinski definition) is 2. The van der Waals surface area contributed by atoms with Crippen LogP contribution in [0.4, 0.5) is 0 Å². The van der Waals surface area contributed by atoms with Gasteiger partial charge in [-0.2, -0.15) is 0 Å². The highest BCUT2D eigenvalue weighted by Crippen LogP contribution is 2.07. The third-order valence-corrected chi connectivity index (χ3v) is 2.16. The van der Waals surface area contributed by atoms with Crippen LogP contribution in [0.3, 0.4) is 0 Å². The Morgan fingerprint density at radius 2 is 0.750 bits per heavy atom. The largest absolute Gasteiger partial charge is 0.330 e. The lowest BCUT2D eigenvalue weighted by molar-refractivity contribution is 0.505. The molecule has 0 aromatic rings. The number of nitrogens with two attached hydrogens (primary N) is 2. The second kappa shape index (κ2) is 17.3. The van der Waals surface area contributed by atoms with E-state index in [4.69, 9.17) is 11.5 Å². The zero-order valence-electron chi connectivity index (χ0n) is 11.7. The summed E-state index contributed by atoms with van der Waals surface area (Å²) in [5.41, 5.74) is 10.8. The SMILES string of the molecule is CN(C)C.NCCCCCCCCCCN. The van der Waals surface area contributed by atoms with Crippen LogP contribution in [-0.2, 0) is 0 Å². The molecule has 0 aliphatic carbocycles. The summed E-state index contributed by atoms with van der Waals surface area (Å²) in [6.45, 7) is 1.71. The quantitative estimate of drug-likeness (QED) is 0.598. The van der Waals surface area contributed by atoms with E-state index in [1.165, 1.54) is 51.4 Å². The smallest absolute Gasteiger partial charge is 0.00773 e. The molecule has 0 aromatic heterocycles. The second-order valence-corrected chi connectivity index (χ2v) is 4.75. The lowest BCUT2D eigenvalue weighted by Crippen LogP contribution is -1.99. The van der Waals surface area contributed by atoms with Gasteiger partial charge in [0.15, 0.2) is 0 Å². The van der Waals surface area contributed by atoms with Crippen molar-refractivity contribution in [3.63, 3.8) is 0 Å². The Bertz CT molecular complexity index is 92.6. The van der Waals surface area contributed by atoms with Crippen LogP contribution < -0.4 is 11.5 Å². The summed E-state index contributed by atoms with van der Waals surface area (Å²) in [7, 11) is 6.00. The number of hydrogen-bond acceptors (Lipinski definition) is 3. The second-order valence-electron chi connectivity index (χ2n) is 4.75. The zero-order chi connectivity index (χ0) is 12.6. The molecule has 0 aliphatic rings. The van der Waals surface area contributed by atoms with Crippen LogP contribution in [-0.4, -0.2) is 39.1 Å². The minimum Gasteiger partial charge on any atom is -0.330 e. The maximum atomic E-state index is 5.40. The minimum absolute atomic E-state index is 0.854. The molecule has 0 saturated heterocycles. The van der Waals surface area contributed by atoms with Crippen molar-refractivity contribution in [3.8, 4) is 0 Å². The first kappa shape index (κ1) is 18.3. The van der Waals surface area contributed by atoms with Gasteiger partial charge in [-0.3, -0.25) is 0 Å². The topological polar surface area (TPSA) is 55.3 Å². The van der Waals surface area contributed by atoms with Gasteiger partial charge in [0.1, 0.15) is 0 Å². The lowest BCUT2D eigenvalue weighted by Gasteiger charge is -2.00. The first-order valence-electron chi connectivity index (χ1n) is 6.66. The molecule has 0 spiro atoms. The van der Waals surface area contributed by atoms with Gasteiger partial charge in [-0.25, -0.2) is 0 Å². The molecular weight excluding hydrogens is 198 g/mol. The molecule has 0 rings (SSSR count). The summed E-state index contributed by atoms with van der Waals surface area (Å²) < 4.78 is 0. The van der Waals surface area contributed by atoms with Crippen LogP contribution >= 0.6 is 0 Å². The fourth-order valence-corrected chi connectivity index (χ4v) is 1.35. The summed E-state index contributed by atoms with van der Waals surface area (Å²) in [5.74, 6) is 0. The Morgan fingerprint density at radius 3 is 0.938 bits per heavy atom. The molecule has 0 bridgehead atoms. The van der Waals surface area contributed by atoms with E-state index in [2.05, 4.69) is 0 Å². The van der Waals surface area contributed by atoms with Gasteiger partial charge in [0, 0.05) is 0 Å². The first-order valence-corrected chi connectivity index (χ1v) is 6.66. The molecule has 0 unspecified atom stereocenters. The molecule has 4 N–H and O–H groups in total. The molecule has 0 amide bonds. The van der Waals surface area contributed by atoms with E-state index >= 15 is 0 Å². The minimum atomic E-state index is 0.854. The van der Waals surface area contributed by atoms with Crippen LogP contribution in [0, 0.1) is 0 Å². The van der Waals surface area contributed by atoms with Crippen LogP contribution in [0.1, 0.15) is 51.4 Å². The maximum Gasteiger partial charge on any atom is -0.00773 e. The van der Waals surface area contributed by atoms with Crippen LogP contribution in [0.2, 0.25) is 0 Å². The molecule has 0 saturated carbocycles. The van der Waals surface area contributed by atoms with Gasteiger partial charge in [0.25, 0.3) is 0 Å². The standard InChI is InChI=1S/C10H24N2.C3H9N/c11-9-7-5-3-1-2-4-6-8-10-12;1-4(2)3/h1-12H2;1-3H3. The van der Waals surface area contributed by atoms with Gasteiger partial charge in [0.05, 0.1) is 0 Å². The fraction of sp³-hybridized carbons (Fsp3) is 1.00. The Morgan fingerprint density at radius 1 is 0.562 bits per heavy atom. The van der Waals surface area contributed by atoms with Crippen molar-refractivity contribution in [2.45, 2.75) is 51.4 Å². The van der Waals surface area contributed by atoms with E-state index < -0.39 is 0 Å². The van der Waals surface area contributed by atoms with E-state index in [0.29, 0.717) is 0 Å². The van der Waals surface area contributed by atoms with E-state index in [-0.39, 0.29) is 0 Å². The molecular formula is C13H33N3. The predicted octanol–water partition coefficient (Wildman–Crippen LogP) is 2.20. The average Bonchev–Trinajstić information content (AvgIpc) is 2.21. The third-order valence-electron chi connectivity index (χ3n) is 2.16. The van der Waals surface area contributed by atoms with Crippen LogP contribution in [0.15, 0.2) is 0 Å². The monoisotopic (exact) mass is 231 g/mol. The Hall–Kier alpha value is -0.120. The molecule has 16 heavy (non-hydrogen) atoms. The van der Waals surface area contributed by atoms with Gasteiger partial charge < -0.3 is 16.4 Å². The van der Waals surface area contributed by atoms with Crippen LogP contribution in [0.5, 0.6) is 0 Å². The van der Waals surface area contributed by atoms with Gasteiger partial charge in [-0.15, -0.1) is 0 Å². The molecule has 0 fully saturated rings. The molecule has 0 atom stereocenters. The highest BCUT2D eigenvalue weighted by molar-refractivity contribution is 4.47. The van der Waals surface area contributed by atoms with Gasteiger partial charge in [-0.05, 0) is 47.1 Å². The Labute approximate surface area is 103 Å². The predicted molar refractivity (Wildman–Crippen MR) is 74.7 cm³/mol. The van der Waals surface area contributed by atoms with Crippen molar-refractivity contribution in [2.24, 2.45) is 11.5 Å². The first-order chi connectivity index (χ1) is 7.65. The molecule has 0 aliphatic heterocycles. The number of nitrogens with zero attached hydrogens (tertiary/aromatic N) is 1. The highest BCUT2D eigenvalue weighted by Gasteiger charge is 1.90. The number of unbranched alkanes of at least 4 members (excludes halogenated alkanes) is 7. The van der Waals surface area contributed by atoms with E-state index in [1.807, 2.05) is 26.0 Å². The van der Waals surface area contributed by atoms with E-state index in [0.717, 1.165) is 13.1 Å².